The molecule has 1 aromatic heterocycles. The zero-order valence-corrected chi connectivity index (χ0v) is 12.0. The molecule has 0 spiro atoms. The van der Waals surface area contributed by atoms with E-state index in [2.05, 4.69) is 11.7 Å². The molecule has 3 nitrogen and oxygen atoms in total. The lowest BCUT2D eigenvalue weighted by Gasteiger charge is -2.18. The molecule has 1 atom stereocenters. The van der Waals surface area contributed by atoms with Gasteiger partial charge in [-0.15, -0.1) is 11.3 Å². The number of aromatic nitrogens is 1. The van der Waals surface area contributed by atoms with Gasteiger partial charge < -0.3 is 4.74 Å². The van der Waals surface area contributed by atoms with Gasteiger partial charge in [-0.2, -0.15) is 0 Å². The summed E-state index contributed by atoms with van der Waals surface area (Å²) in [5.41, 5.74) is 1.32. The first-order valence-corrected chi connectivity index (χ1v) is 7.58. The third-order valence-corrected chi connectivity index (χ3v) is 4.84. The minimum absolute atomic E-state index is 0.123. The van der Waals surface area contributed by atoms with E-state index in [9.17, 15) is 4.79 Å². The zero-order valence-electron chi connectivity index (χ0n) is 11.2. The Bertz CT molecular complexity index is 414. The van der Waals surface area contributed by atoms with Crippen LogP contribution in [0.2, 0.25) is 0 Å². The van der Waals surface area contributed by atoms with E-state index in [1.165, 1.54) is 42.0 Å². The number of ether oxygens (including phenoxy) is 1. The van der Waals surface area contributed by atoms with Gasteiger partial charge in [0.2, 0.25) is 0 Å². The Labute approximate surface area is 113 Å². The Morgan fingerprint density at radius 2 is 2.39 bits per heavy atom. The average molecular weight is 267 g/mol. The first kappa shape index (κ1) is 13.5. The van der Waals surface area contributed by atoms with Crippen LogP contribution in [0.25, 0.3) is 0 Å². The minimum Gasteiger partial charge on any atom is -0.469 e. The van der Waals surface area contributed by atoms with Gasteiger partial charge in [0.15, 0.2) is 0 Å². The SMILES string of the molecule is CCC1CCc2nc(CCCC(=O)OC)sc2C1. The van der Waals surface area contributed by atoms with Gasteiger partial charge in [-0.25, -0.2) is 4.98 Å². The van der Waals surface area contributed by atoms with Gasteiger partial charge in [0.1, 0.15) is 0 Å². The van der Waals surface area contributed by atoms with Crippen molar-refractivity contribution < 1.29 is 9.53 Å². The molecule has 18 heavy (non-hydrogen) atoms. The normalized spacial score (nSPS) is 18.4. The summed E-state index contributed by atoms with van der Waals surface area (Å²) in [7, 11) is 1.44. The van der Waals surface area contributed by atoms with Crippen molar-refractivity contribution in [2.75, 3.05) is 7.11 Å². The Hall–Kier alpha value is -0.900. The van der Waals surface area contributed by atoms with Crippen molar-refractivity contribution in [2.24, 2.45) is 5.92 Å². The van der Waals surface area contributed by atoms with E-state index < -0.39 is 0 Å². The van der Waals surface area contributed by atoms with E-state index in [0.29, 0.717) is 6.42 Å². The minimum atomic E-state index is -0.123. The molecule has 2 rings (SSSR count). The van der Waals surface area contributed by atoms with Crippen LogP contribution >= 0.6 is 11.3 Å². The van der Waals surface area contributed by atoms with Crippen molar-refractivity contribution in [1.82, 2.24) is 4.98 Å². The zero-order chi connectivity index (χ0) is 13.0. The van der Waals surface area contributed by atoms with Crippen LogP contribution in [0.4, 0.5) is 0 Å². The first-order chi connectivity index (χ1) is 8.72. The van der Waals surface area contributed by atoms with Crippen molar-refractivity contribution >= 4 is 17.3 Å². The van der Waals surface area contributed by atoms with Crippen molar-refractivity contribution in [3.05, 3.63) is 15.6 Å². The van der Waals surface area contributed by atoms with E-state index in [-0.39, 0.29) is 5.97 Å². The topological polar surface area (TPSA) is 39.2 Å². The summed E-state index contributed by atoms with van der Waals surface area (Å²) in [5, 5.41) is 1.20. The summed E-state index contributed by atoms with van der Waals surface area (Å²) in [6, 6.07) is 0. The molecular weight excluding hydrogens is 246 g/mol. The number of carbonyl (C=O) groups is 1. The molecule has 0 bridgehead atoms. The number of thiazole rings is 1. The van der Waals surface area contributed by atoms with Gasteiger partial charge in [-0.1, -0.05) is 13.3 Å². The van der Waals surface area contributed by atoms with E-state index in [4.69, 9.17) is 4.98 Å². The number of esters is 1. The van der Waals surface area contributed by atoms with Crippen LogP contribution in [-0.2, 0) is 28.8 Å². The monoisotopic (exact) mass is 267 g/mol. The van der Waals surface area contributed by atoms with Crippen molar-refractivity contribution in [2.45, 2.75) is 51.9 Å². The lowest BCUT2D eigenvalue weighted by Crippen LogP contribution is -2.11. The maximum Gasteiger partial charge on any atom is 0.305 e. The molecular formula is C14H21NO2S. The molecule has 1 unspecified atom stereocenters. The molecule has 1 aliphatic carbocycles. The molecule has 1 aromatic rings. The van der Waals surface area contributed by atoms with Gasteiger partial charge in [0.25, 0.3) is 0 Å². The van der Waals surface area contributed by atoms with Crippen LogP contribution in [0.1, 0.15) is 48.2 Å². The second kappa shape index (κ2) is 6.32. The summed E-state index contributed by atoms with van der Waals surface area (Å²) in [6.07, 6.45) is 7.16. The average Bonchev–Trinajstić information content (AvgIpc) is 2.79. The summed E-state index contributed by atoms with van der Waals surface area (Å²) in [6.45, 7) is 2.27. The standard InChI is InChI=1S/C14H21NO2S/c1-3-10-7-8-11-12(9-10)18-13(15-11)5-4-6-14(16)17-2/h10H,3-9H2,1-2H3. The van der Waals surface area contributed by atoms with E-state index in [1.807, 2.05) is 11.3 Å². The van der Waals surface area contributed by atoms with Gasteiger partial charge in [0, 0.05) is 11.3 Å². The molecule has 0 fully saturated rings. The van der Waals surface area contributed by atoms with Crippen LogP contribution in [-0.4, -0.2) is 18.1 Å². The summed E-state index contributed by atoms with van der Waals surface area (Å²) < 4.78 is 4.64. The van der Waals surface area contributed by atoms with E-state index in [1.54, 1.807) is 0 Å². The smallest absolute Gasteiger partial charge is 0.305 e. The van der Waals surface area contributed by atoms with Gasteiger partial charge in [-0.3, -0.25) is 4.79 Å². The Balaban J connectivity index is 1.88. The molecule has 0 aromatic carbocycles. The highest BCUT2D eigenvalue weighted by Gasteiger charge is 2.21. The summed E-state index contributed by atoms with van der Waals surface area (Å²) >= 11 is 1.85. The number of hydrogen-bond acceptors (Lipinski definition) is 4. The van der Waals surface area contributed by atoms with Crippen LogP contribution < -0.4 is 0 Å². The fraction of sp³-hybridized carbons (Fsp3) is 0.714. The predicted molar refractivity (Wildman–Crippen MR) is 72.9 cm³/mol. The number of methoxy groups -OCH3 is 1. The number of rotatable bonds is 5. The molecule has 1 aliphatic rings. The highest BCUT2D eigenvalue weighted by Crippen LogP contribution is 2.31. The fourth-order valence-corrected chi connectivity index (χ4v) is 3.71. The second-order valence-electron chi connectivity index (χ2n) is 4.92. The van der Waals surface area contributed by atoms with E-state index in [0.717, 1.165) is 25.2 Å². The highest BCUT2D eigenvalue weighted by molar-refractivity contribution is 7.11. The Kier molecular flexibility index (Phi) is 4.75. The molecule has 0 N–H and O–H groups in total. The quantitative estimate of drug-likeness (QED) is 0.769. The highest BCUT2D eigenvalue weighted by atomic mass is 32.1. The van der Waals surface area contributed by atoms with Gasteiger partial charge >= 0.3 is 5.97 Å². The molecule has 100 valence electrons. The predicted octanol–water partition coefficient (Wildman–Crippen LogP) is 3.15. The molecule has 0 amide bonds. The van der Waals surface area contributed by atoms with Crippen molar-refractivity contribution in [3.8, 4) is 0 Å². The molecule has 0 saturated heterocycles. The number of fused-ring (bicyclic) bond motifs is 1. The van der Waals surface area contributed by atoms with E-state index >= 15 is 0 Å². The van der Waals surface area contributed by atoms with Crippen LogP contribution in [0.3, 0.4) is 0 Å². The van der Waals surface area contributed by atoms with Crippen LogP contribution in [0.15, 0.2) is 0 Å². The molecule has 0 radical (unpaired) electrons. The third-order valence-electron chi connectivity index (χ3n) is 3.66. The van der Waals surface area contributed by atoms with Crippen molar-refractivity contribution in [1.29, 1.82) is 0 Å². The third kappa shape index (κ3) is 3.31. The maximum absolute atomic E-state index is 11.0. The largest absolute Gasteiger partial charge is 0.469 e. The number of aryl methyl sites for hydroxylation is 2. The van der Waals surface area contributed by atoms with Crippen molar-refractivity contribution in [3.63, 3.8) is 0 Å². The molecule has 0 saturated carbocycles. The maximum atomic E-state index is 11.0. The molecule has 0 aliphatic heterocycles. The second-order valence-corrected chi connectivity index (χ2v) is 6.09. The first-order valence-electron chi connectivity index (χ1n) is 6.77. The number of carbonyl (C=O) groups excluding carboxylic acids is 1. The number of nitrogens with zero attached hydrogens (tertiary/aromatic N) is 1. The Morgan fingerprint density at radius 1 is 1.56 bits per heavy atom. The summed E-state index contributed by atoms with van der Waals surface area (Å²) in [4.78, 5) is 17.2. The lowest BCUT2D eigenvalue weighted by molar-refractivity contribution is -0.140. The number of hydrogen-bond donors (Lipinski definition) is 0. The fourth-order valence-electron chi connectivity index (χ4n) is 2.44. The molecule has 4 heteroatoms. The van der Waals surface area contributed by atoms with Gasteiger partial charge in [-0.05, 0) is 38.0 Å². The van der Waals surface area contributed by atoms with Gasteiger partial charge in [0.05, 0.1) is 17.8 Å². The Morgan fingerprint density at radius 3 is 3.11 bits per heavy atom. The molecule has 1 heterocycles. The van der Waals surface area contributed by atoms with Crippen LogP contribution in [0, 0.1) is 5.92 Å². The summed E-state index contributed by atoms with van der Waals surface area (Å²) in [5.74, 6) is 0.725. The van der Waals surface area contributed by atoms with Crippen LogP contribution in [0.5, 0.6) is 0 Å². The lowest BCUT2D eigenvalue weighted by atomic mass is 9.89.